The summed E-state index contributed by atoms with van der Waals surface area (Å²) in [5.41, 5.74) is 0. The maximum Gasteiger partial charge on any atom is 0.321 e. The number of furan rings is 1. The van der Waals surface area contributed by atoms with Crippen LogP contribution in [0.25, 0.3) is 10.6 Å². The van der Waals surface area contributed by atoms with Crippen molar-refractivity contribution < 1.29 is 14.3 Å². The summed E-state index contributed by atoms with van der Waals surface area (Å²) in [6.07, 6.45) is 1.75. The average molecular weight is 361 g/mol. The van der Waals surface area contributed by atoms with Crippen LogP contribution in [-0.2, 0) is 4.79 Å². The summed E-state index contributed by atoms with van der Waals surface area (Å²) in [5.74, 6) is 0.497. The molecular weight excluding hydrogens is 352 g/mol. The first-order valence-corrected chi connectivity index (χ1v) is 8.11. The van der Waals surface area contributed by atoms with E-state index in [1.807, 2.05) is 12.1 Å². The first kappa shape index (κ1) is 13.2. The van der Waals surface area contributed by atoms with Gasteiger partial charge in [-0.1, -0.05) is 0 Å². The second-order valence-corrected chi connectivity index (χ2v) is 6.92. The first-order chi connectivity index (χ1) is 9.13. The Morgan fingerprint density at radius 1 is 1.58 bits per heavy atom. The number of aliphatic carboxylic acids is 1. The second kappa shape index (κ2) is 5.28. The minimum absolute atomic E-state index is 0.0572. The lowest BCUT2D eigenvalue weighted by Crippen LogP contribution is -2.33. The maximum absolute atomic E-state index is 10.9. The molecule has 19 heavy (non-hydrogen) atoms. The number of carbonyl (C=O) groups is 1. The van der Waals surface area contributed by atoms with Crippen molar-refractivity contribution in [2.45, 2.75) is 11.4 Å². The second-order valence-electron chi connectivity index (χ2n) is 3.94. The van der Waals surface area contributed by atoms with E-state index in [0.29, 0.717) is 10.4 Å². The van der Waals surface area contributed by atoms with Crippen molar-refractivity contribution in [3.8, 4) is 10.6 Å². The molecule has 0 aliphatic carbocycles. The number of carboxylic acids is 1. The summed E-state index contributed by atoms with van der Waals surface area (Å²) in [6.45, 7) is 0. The van der Waals surface area contributed by atoms with Gasteiger partial charge < -0.3 is 9.52 Å². The molecular formula is C11H9BrN2O3S2. The quantitative estimate of drug-likeness (QED) is 0.876. The van der Waals surface area contributed by atoms with E-state index in [-0.39, 0.29) is 5.37 Å². The molecule has 100 valence electrons. The van der Waals surface area contributed by atoms with Crippen molar-refractivity contribution in [3.05, 3.63) is 28.0 Å². The molecule has 2 aromatic heterocycles. The highest BCUT2D eigenvalue weighted by atomic mass is 79.9. The van der Waals surface area contributed by atoms with Gasteiger partial charge in [-0.15, -0.1) is 23.1 Å². The van der Waals surface area contributed by atoms with E-state index in [0.717, 1.165) is 15.6 Å². The average Bonchev–Trinajstić information content (AvgIpc) is 3.07. The smallest absolute Gasteiger partial charge is 0.321 e. The molecule has 0 aromatic carbocycles. The summed E-state index contributed by atoms with van der Waals surface area (Å²) < 4.78 is 6.15. The maximum atomic E-state index is 10.9. The highest BCUT2D eigenvalue weighted by molar-refractivity contribution is 9.10. The Balaban J connectivity index is 1.77. The molecule has 8 heteroatoms. The topological polar surface area (TPSA) is 75.4 Å². The Kier molecular flexibility index (Phi) is 3.66. The number of hydrogen-bond donors (Lipinski definition) is 2. The van der Waals surface area contributed by atoms with Crippen molar-refractivity contribution in [1.82, 2.24) is 10.3 Å². The van der Waals surface area contributed by atoms with Crippen molar-refractivity contribution in [2.75, 3.05) is 5.75 Å². The molecule has 0 bridgehead atoms. The number of thiazole rings is 1. The molecule has 0 amide bonds. The van der Waals surface area contributed by atoms with E-state index in [4.69, 9.17) is 9.52 Å². The minimum atomic E-state index is -0.818. The lowest BCUT2D eigenvalue weighted by Gasteiger charge is -2.06. The summed E-state index contributed by atoms with van der Waals surface area (Å²) in [5, 5.41) is 12.8. The molecule has 1 aliphatic heterocycles. The van der Waals surface area contributed by atoms with E-state index in [1.165, 1.54) is 11.3 Å². The lowest BCUT2D eigenvalue weighted by molar-refractivity contribution is -0.138. The van der Waals surface area contributed by atoms with Gasteiger partial charge in [-0.3, -0.25) is 10.1 Å². The number of hydrogen-bond acceptors (Lipinski definition) is 6. The van der Waals surface area contributed by atoms with Gasteiger partial charge >= 0.3 is 5.97 Å². The highest BCUT2D eigenvalue weighted by Gasteiger charge is 2.32. The number of aromatic nitrogens is 1. The van der Waals surface area contributed by atoms with Crippen LogP contribution in [0.5, 0.6) is 0 Å². The summed E-state index contributed by atoms with van der Waals surface area (Å²) in [4.78, 5) is 16.2. The number of nitrogens with one attached hydrogen (secondary N) is 1. The molecule has 0 saturated carbocycles. The van der Waals surface area contributed by atoms with Crippen LogP contribution in [-0.4, -0.2) is 27.9 Å². The van der Waals surface area contributed by atoms with Crippen LogP contribution in [0.4, 0.5) is 0 Å². The monoisotopic (exact) mass is 360 g/mol. The number of nitrogens with zero attached hydrogens (tertiary/aromatic N) is 1. The van der Waals surface area contributed by atoms with Crippen LogP contribution in [0.2, 0.25) is 0 Å². The van der Waals surface area contributed by atoms with E-state index < -0.39 is 12.0 Å². The Morgan fingerprint density at radius 2 is 2.42 bits per heavy atom. The minimum Gasteiger partial charge on any atom is -0.480 e. The van der Waals surface area contributed by atoms with Crippen molar-refractivity contribution >= 4 is 45.0 Å². The van der Waals surface area contributed by atoms with Gasteiger partial charge in [0.2, 0.25) is 0 Å². The fraction of sp³-hybridized carbons (Fsp3) is 0.273. The van der Waals surface area contributed by atoms with Gasteiger partial charge in [0, 0.05) is 11.9 Å². The molecule has 0 spiro atoms. The summed E-state index contributed by atoms with van der Waals surface area (Å²) in [6, 6.07) is 3.20. The molecule has 3 heterocycles. The van der Waals surface area contributed by atoms with Crippen LogP contribution in [0.15, 0.2) is 27.4 Å². The largest absolute Gasteiger partial charge is 0.480 e. The fourth-order valence-corrected chi connectivity index (χ4v) is 4.29. The first-order valence-electron chi connectivity index (χ1n) is 5.45. The molecule has 3 rings (SSSR count). The van der Waals surface area contributed by atoms with Crippen LogP contribution in [0, 0.1) is 0 Å². The Hall–Kier alpha value is -0.830. The number of rotatable bonds is 3. The number of thioether (sulfide) groups is 1. The van der Waals surface area contributed by atoms with Gasteiger partial charge in [-0.05, 0) is 28.1 Å². The normalized spacial score (nSPS) is 22.8. The van der Waals surface area contributed by atoms with E-state index in [2.05, 4.69) is 26.2 Å². The highest BCUT2D eigenvalue weighted by Crippen LogP contribution is 2.38. The van der Waals surface area contributed by atoms with Gasteiger partial charge in [0.05, 0.1) is 4.88 Å². The SMILES string of the molecule is O=C(O)C1CSC(c2ncc(-c3ccc(Br)o3)s2)N1. The third-order valence-electron chi connectivity index (χ3n) is 2.64. The van der Waals surface area contributed by atoms with Gasteiger partial charge in [-0.25, -0.2) is 4.98 Å². The zero-order valence-corrected chi connectivity index (χ0v) is 12.7. The zero-order valence-electron chi connectivity index (χ0n) is 9.50. The number of carboxylic acid groups (broad SMARTS) is 1. The molecule has 2 unspecified atom stereocenters. The van der Waals surface area contributed by atoms with Gasteiger partial charge in [0.1, 0.15) is 22.2 Å². The predicted molar refractivity (Wildman–Crippen MR) is 77.3 cm³/mol. The van der Waals surface area contributed by atoms with Crippen molar-refractivity contribution in [3.63, 3.8) is 0 Å². The third kappa shape index (κ3) is 2.71. The Morgan fingerprint density at radius 3 is 3.05 bits per heavy atom. The summed E-state index contributed by atoms with van der Waals surface area (Å²) >= 11 is 6.33. The van der Waals surface area contributed by atoms with Crippen LogP contribution in [0.3, 0.4) is 0 Å². The Labute approximate surface area is 125 Å². The third-order valence-corrected chi connectivity index (χ3v) is 5.51. The standard InChI is InChI=1S/C11H9BrN2O3S2/c12-8-2-1-6(17-8)7-3-13-9(19-7)10-14-5(4-18-10)11(15)16/h1-3,5,10,14H,4H2,(H,15,16). The predicted octanol–water partition coefficient (Wildman–Crippen LogP) is 2.95. The van der Waals surface area contributed by atoms with E-state index in [9.17, 15) is 4.79 Å². The van der Waals surface area contributed by atoms with E-state index in [1.54, 1.807) is 18.0 Å². The van der Waals surface area contributed by atoms with Gasteiger partial charge in [-0.2, -0.15) is 0 Å². The zero-order chi connectivity index (χ0) is 13.4. The number of halogens is 1. The molecule has 2 N–H and O–H groups in total. The lowest BCUT2D eigenvalue weighted by atomic mass is 10.3. The van der Waals surface area contributed by atoms with Crippen LogP contribution in [0.1, 0.15) is 10.4 Å². The van der Waals surface area contributed by atoms with Crippen LogP contribution >= 0.6 is 39.0 Å². The molecule has 1 fully saturated rings. The van der Waals surface area contributed by atoms with Gasteiger partial charge in [0.15, 0.2) is 4.67 Å². The summed E-state index contributed by atoms with van der Waals surface area (Å²) in [7, 11) is 0. The molecule has 1 saturated heterocycles. The molecule has 2 aromatic rings. The molecule has 1 aliphatic rings. The van der Waals surface area contributed by atoms with Gasteiger partial charge in [0.25, 0.3) is 0 Å². The Bertz CT molecular complexity index is 613. The van der Waals surface area contributed by atoms with E-state index >= 15 is 0 Å². The molecule has 2 atom stereocenters. The van der Waals surface area contributed by atoms with Crippen molar-refractivity contribution in [1.29, 1.82) is 0 Å². The van der Waals surface area contributed by atoms with Crippen LogP contribution < -0.4 is 5.32 Å². The molecule has 0 radical (unpaired) electrons. The van der Waals surface area contributed by atoms with Crippen molar-refractivity contribution in [2.24, 2.45) is 0 Å². The molecule has 5 nitrogen and oxygen atoms in total. The fourth-order valence-electron chi connectivity index (χ4n) is 1.73.